The Balaban J connectivity index is 2.27. The molecule has 18 heavy (non-hydrogen) atoms. The van der Waals surface area contributed by atoms with Crippen LogP contribution in [0.1, 0.15) is 18.9 Å². The molecule has 1 aromatic rings. The number of carbonyl (C=O) groups is 2. The van der Waals surface area contributed by atoms with Crippen molar-refractivity contribution in [1.82, 2.24) is 10.9 Å². The number of carbonyl (C=O) groups excluding carboxylic acids is 2. The number of nitrogens with one attached hydrogen (secondary N) is 2. The minimum absolute atomic E-state index is 0.254. The highest BCUT2D eigenvalue weighted by molar-refractivity contribution is 6.30. The third kappa shape index (κ3) is 5.54. The van der Waals surface area contributed by atoms with Crippen LogP contribution in [0.25, 0.3) is 0 Å². The molecule has 5 nitrogen and oxygen atoms in total. The fourth-order valence-corrected chi connectivity index (χ4v) is 1.51. The summed E-state index contributed by atoms with van der Waals surface area (Å²) in [4.78, 5) is 22.3. The van der Waals surface area contributed by atoms with E-state index >= 15 is 0 Å². The molecule has 0 bridgehead atoms. The minimum atomic E-state index is -0.673. The fourth-order valence-electron chi connectivity index (χ4n) is 1.30. The van der Waals surface area contributed by atoms with E-state index in [1.807, 2.05) is 12.1 Å². The summed E-state index contributed by atoms with van der Waals surface area (Å²) in [5.41, 5.74) is 5.37. The van der Waals surface area contributed by atoms with Gasteiger partial charge in [-0.05, 0) is 31.0 Å². The zero-order valence-electron chi connectivity index (χ0n) is 10.0. The number of hydrazine groups is 1. The van der Waals surface area contributed by atoms with E-state index in [0.717, 1.165) is 5.56 Å². The molecule has 0 atom stereocenters. The molecule has 98 valence electrons. The van der Waals surface area contributed by atoms with Crippen molar-refractivity contribution in [1.29, 1.82) is 0 Å². The van der Waals surface area contributed by atoms with E-state index in [-0.39, 0.29) is 18.9 Å². The first-order chi connectivity index (χ1) is 8.61. The minimum Gasteiger partial charge on any atom is -0.449 e. The van der Waals surface area contributed by atoms with Crippen LogP contribution in [0.5, 0.6) is 0 Å². The molecule has 0 spiro atoms. The van der Waals surface area contributed by atoms with Gasteiger partial charge in [0.2, 0.25) is 5.91 Å². The van der Waals surface area contributed by atoms with Crippen molar-refractivity contribution in [2.24, 2.45) is 0 Å². The van der Waals surface area contributed by atoms with Crippen molar-refractivity contribution in [3.05, 3.63) is 34.9 Å². The maximum Gasteiger partial charge on any atom is 0.426 e. The zero-order chi connectivity index (χ0) is 13.4. The van der Waals surface area contributed by atoms with Crippen LogP contribution < -0.4 is 10.9 Å². The van der Waals surface area contributed by atoms with Gasteiger partial charge in [-0.1, -0.05) is 23.7 Å². The van der Waals surface area contributed by atoms with Crippen LogP contribution >= 0.6 is 11.6 Å². The van der Waals surface area contributed by atoms with Crippen LogP contribution in [0.15, 0.2) is 24.3 Å². The Morgan fingerprint density at radius 2 is 2.11 bits per heavy atom. The monoisotopic (exact) mass is 270 g/mol. The highest BCUT2D eigenvalue weighted by Crippen LogP contribution is 2.11. The molecule has 0 aliphatic rings. The van der Waals surface area contributed by atoms with Crippen LogP contribution in [0.3, 0.4) is 0 Å². The van der Waals surface area contributed by atoms with Gasteiger partial charge in [0.25, 0.3) is 0 Å². The second-order valence-corrected chi connectivity index (χ2v) is 3.96. The van der Waals surface area contributed by atoms with Crippen molar-refractivity contribution >= 4 is 23.6 Å². The topological polar surface area (TPSA) is 67.4 Å². The largest absolute Gasteiger partial charge is 0.449 e. The Kier molecular flexibility index (Phi) is 6.00. The number of hydrogen-bond acceptors (Lipinski definition) is 3. The predicted molar refractivity (Wildman–Crippen MR) is 68.1 cm³/mol. The lowest BCUT2D eigenvalue weighted by Gasteiger charge is -2.07. The van der Waals surface area contributed by atoms with E-state index in [9.17, 15) is 9.59 Å². The molecule has 2 amide bonds. The van der Waals surface area contributed by atoms with Gasteiger partial charge in [-0.25, -0.2) is 10.2 Å². The molecule has 0 fully saturated rings. The highest BCUT2D eigenvalue weighted by atomic mass is 35.5. The Bertz CT molecular complexity index is 424. The maximum absolute atomic E-state index is 11.4. The third-order valence-corrected chi connectivity index (χ3v) is 2.34. The standard InChI is InChI=1S/C12H15ClN2O3/c1-2-18-12(17)15-14-11(16)7-6-9-4-3-5-10(13)8-9/h3-5,8H,2,6-7H2,1H3,(H,14,16)(H,15,17). The summed E-state index contributed by atoms with van der Waals surface area (Å²) < 4.78 is 4.59. The van der Waals surface area contributed by atoms with Crippen molar-refractivity contribution in [2.75, 3.05) is 6.61 Å². The molecule has 0 aliphatic heterocycles. The van der Waals surface area contributed by atoms with Crippen LogP contribution in [0, 0.1) is 0 Å². The summed E-state index contributed by atoms with van der Waals surface area (Å²) in [5, 5.41) is 0.637. The highest BCUT2D eigenvalue weighted by Gasteiger charge is 2.05. The average Bonchev–Trinajstić information content (AvgIpc) is 2.34. The molecular formula is C12H15ClN2O3. The van der Waals surface area contributed by atoms with Crippen LogP contribution in [0.4, 0.5) is 4.79 Å². The van der Waals surface area contributed by atoms with Gasteiger partial charge < -0.3 is 4.74 Å². The lowest BCUT2D eigenvalue weighted by atomic mass is 10.1. The second-order valence-electron chi connectivity index (χ2n) is 3.52. The Morgan fingerprint density at radius 1 is 1.33 bits per heavy atom. The Labute approximate surface area is 110 Å². The predicted octanol–water partition coefficient (Wildman–Crippen LogP) is 2.05. The number of halogens is 1. The molecular weight excluding hydrogens is 256 g/mol. The first-order valence-electron chi connectivity index (χ1n) is 5.58. The number of ether oxygens (including phenoxy) is 1. The lowest BCUT2D eigenvalue weighted by molar-refractivity contribution is -0.121. The molecule has 0 aliphatic carbocycles. The zero-order valence-corrected chi connectivity index (χ0v) is 10.8. The van der Waals surface area contributed by atoms with E-state index < -0.39 is 6.09 Å². The molecule has 0 unspecified atom stereocenters. The summed E-state index contributed by atoms with van der Waals surface area (Å²) in [7, 11) is 0. The van der Waals surface area contributed by atoms with E-state index in [0.29, 0.717) is 11.4 Å². The number of aryl methyl sites for hydroxylation is 1. The van der Waals surface area contributed by atoms with Crippen molar-refractivity contribution < 1.29 is 14.3 Å². The van der Waals surface area contributed by atoms with Crippen LogP contribution in [-0.2, 0) is 16.0 Å². The fraction of sp³-hybridized carbons (Fsp3) is 0.333. The third-order valence-electron chi connectivity index (χ3n) is 2.11. The number of amides is 2. The van der Waals surface area contributed by atoms with E-state index in [1.54, 1.807) is 19.1 Å². The first kappa shape index (κ1) is 14.3. The SMILES string of the molecule is CCOC(=O)NNC(=O)CCc1cccc(Cl)c1. The summed E-state index contributed by atoms with van der Waals surface area (Å²) >= 11 is 5.82. The summed E-state index contributed by atoms with van der Waals surface area (Å²) in [6.45, 7) is 1.94. The molecule has 6 heteroatoms. The summed E-state index contributed by atoms with van der Waals surface area (Å²) in [5.74, 6) is -0.289. The van der Waals surface area contributed by atoms with Gasteiger partial charge in [-0.3, -0.25) is 10.2 Å². The average molecular weight is 271 g/mol. The smallest absolute Gasteiger partial charge is 0.426 e. The van der Waals surface area contributed by atoms with Crippen LogP contribution in [-0.4, -0.2) is 18.6 Å². The van der Waals surface area contributed by atoms with Gasteiger partial charge in [-0.15, -0.1) is 0 Å². The molecule has 0 saturated carbocycles. The molecule has 2 N–H and O–H groups in total. The van der Waals surface area contributed by atoms with E-state index in [4.69, 9.17) is 11.6 Å². The molecule has 0 radical (unpaired) electrons. The maximum atomic E-state index is 11.4. The number of rotatable bonds is 4. The first-order valence-corrected chi connectivity index (χ1v) is 5.95. The lowest BCUT2D eigenvalue weighted by Crippen LogP contribution is -2.42. The van der Waals surface area contributed by atoms with Crippen molar-refractivity contribution in [2.45, 2.75) is 19.8 Å². The van der Waals surface area contributed by atoms with Crippen LogP contribution in [0.2, 0.25) is 5.02 Å². The summed E-state index contributed by atoms with van der Waals surface area (Å²) in [6, 6.07) is 7.28. The van der Waals surface area contributed by atoms with Crippen molar-refractivity contribution in [3.63, 3.8) is 0 Å². The van der Waals surface area contributed by atoms with Gasteiger partial charge in [0.05, 0.1) is 6.61 Å². The molecule has 0 aromatic heterocycles. The molecule has 0 heterocycles. The van der Waals surface area contributed by atoms with Gasteiger partial charge in [0.15, 0.2) is 0 Å². The number of benzene rings is 1. The quantitative estimate of drug-likeness (QED) is 0.823. The Morgan fingerprint density at radius 3 is 2.78 bits per heavy atom. The van der Waals surface area contributed by atoms with Gasteiger partial charge in [-0.2, -0.15) is 0 Å². The van der Waals surface area contributed by atoms with Gasteiger partial charge in [0.1, 0.15) is 0 Å². The number of hydrogen-bond donors (Lipinski definition) is 2. The molecule has 1 rings (SSSR count). The van der Waals surface area contributed by atoms with E-state index in [1.165, 1.54) is 0 Å². The van der Waals surface area contributed by atoms with Gasteiger partial charge >= 0.3 is 6.09 Å². The van der Waals surface area contributed by atoms with E-state index in [2.05, 4.69) is 15.6 Å². The van der Waals surface area contributed by atoms with Gasteiger partial charge in [0, 0.05) is 11.4 Å². The molecule has 0 saturated heterocycles. The Hall–Kier alpha value is -1.75. The van der Waals surface area contributed by atoms with Crippen molar-refractivity contribution in [3.8, 4) is 0 Å². The molecule has 1 aromatic carbocycles. The summed E-state index contributed by atoms with van der Waals surface area (Å²) in [6.07, 6.45) is 0.137. The normalized spacial score (nSPS) is 9.67. The second kappa shape index (κ2) is 7.55.